The molecule has 23 heavy (non-hydrogen) atoms. The topological polar surface area (TPSA) is 80.0 Å². The Balaban J connectivity index is 1.93. The van der Waals surface area contributed by atoms with Gasteiger partial charge in [0.1, 0.15) is 0 Å². The smallest absolute Gasteiger partial charge is 0.257 e. The maximum atomic E-state index is 12.5. The second-order valence-electron chi connectivity index (χ2n) is 5.57. The summed E-state index contributed by atoms with van der Waals surface area (Å²) in [5.74, 6) is -0.235. The molecular formula is C17H18N4O2. The Morgan fingerprint density at radius 1 is 1.30 bits per heavy atom. The Labute approximate surface area is 133 Å². The number of rotatable bonds is 3. The normalized spacial score (nSPS) is 11.0. The summed E-state index contributed by atoms with van der Waals surface area (Å²) in [6.45, 7) is 3.73. The molecular weight excluding hydrogens is 292 g/mol. The van der Waals surface area contributed by atoms with Crippen LogP contribution in [0, 0.1) is 13.8 Å². The molecule has 2 aromatic heterocycles. The zero-order valence-electron chi connectivity index (χ0n) is 13.3. The lowest BCUT2D eigenvalue weighted by Crippen LogP contribution is -2.13. The third kappa shape index (κ3) is 2.80. The highest BCUT2D eigenvalue weighted by atomic mass is 16.3. The summed E-state index contributed by atoms with van der Waals surface area (Å²) in [6, 6.07) is 7.27. The van der Waals surface area contributed by atoms with Gasteiger partial charge in [0.05, 0.1) is 17.9 Å². The molecule has 3 rings (SSSR count). The minimum atomic E-state index is -0.235. The van der Waals surface area contributed by atoms with Crippen molar-refractivity contribution in [2.75, 3.05) is 5.32 Å². The maximum absolute atomic E-state index is 12.5. The number of nitrogens with one attached hydrogen (secondary N) is 1. The van der Waals surface area contributed by atoms with Crippen LogP contribution in [0.4, 0.5) is 5.69 Å². The van der Waals surface area contributed by atoms with Gasteiger partial charge in [-0.1, -0.05) is 12.1 Å². The average molecular weight is 310 g/mol. The molecule has 0 spiro atoms. The van der Waals surface area contributed by atoms with E-state index in [4.69, 9.17) is 0 Å². The van der Waals surface area contributed by atoms with Crippen LogP contribution in [0.3, 0.4) is 0 Å². The number of pyridine rings is 1. The first-order valence-electron chi connectivity index (χ1n) is 7.30. The van der Waals surface area contributed by atoms with Gasteiger partial charge in [-0.15, -0.1) is 0 Å². The van der Waals surface area contributed by atoms with Gasteiger partial charge >= 0.3 is 0 Å². The highest BCUT2D eigenvalue weighted by Crippen LogP contribution is 2.20. The van der Waals surface area contributed by atoms with Crippen molar-refractivity contribution in [3.8, 4) is 0 Å². The van der Waals surface area contributed by atoms with Gasteiger partial charge in [-0.25, -0.2) is 4.98 Å². The van der Waals surface area contributed by atoms with Crippen LogP contribution in [0.15, 0.2) is 30.5 Å². The number of aryl methyl sites for hydroxylation is 3. The van der Waals surface area contributed by atoms with E-state index in [2.05, 4.69) is 15.4 Å². The van der Waals surface area contributed by atoms with Crippen molar-refractivity contribution < 1.29 is 9.90 Å². The molecule has 6 heteroatoms. The van der Waals surface area contributed by atoms with E-state index < -0.39 is 0 Å². The van der Waals surface area contributed by atoms with Crippen molar-refractivity contribution in [1.29, 1.82) is 0 Å². The summed E-state index contributed by atoms with van der Waals surface area (Å²) in [4.78, 5) is 16.8. The molecule has 0 saturated heterocycles. The Hall–Kier alpha value is -2.73. The highest BCUT2D eigenvalue weighted by Gasteiger charge is 2.13. The molecule has 1 amide bonds. The fraction of sp³-hybridized carbons (Fsp3) is 0.235. The molecule has 0 unspecified atom stereocenters. The van der Waals surface area contributed by atoms with Crippen LogP contribution in [0.25, 0.3) is 11.0 Å². The number of hydrogen-bond donors (Lipinski definition) is 2. The van der Waals surface area contributed by atoms with E-state index in [-0.39, 0.29) is 12.5 Å². The Morgan fingerprint density at radius 2 is 2.09 bits per heavy atom. The summed E-state index contributed by atoms with van der Waals surface area (Å²) in [5, 5.41) is 17.3. The zero-order valence-corrected chi connectivity index (χ0v) is 13.3. The van der Waals surface area contributed by atoms with E-state index >= 15 is 0 Å². The summed E-state index contributed by atoms with van der Waals surface area (Å²) in [5.41, 5.74) is 4.43. The van der Waals surface area contributed by atoms with Crippen molar-refractivity contribution in [3.63, 3.8) is 0 Å². The molecule has 3 aromatic rings. The summed E-state index contributed by atoms with van der Waals surface area (Å²) < 4.78 is 1.70. The minimum Gasteiger partial charge on any atom is -0.392 e. The average Bonchev–Trinajstić information content (AvgIpc) is 2.83. The van der Waals surface area contributed by atoms with E-state index in [9.17, 15) is 9.90 Å². The lowest BCUT2D eigenvalue weighted by atomic mass is 10.1. The molecule has 2 N–H and O–H groups in total. The van der Waals surface area contributed by atoms with Crippen LogP contribution in [0.5, 0.6) is 0 Å². The number of benzene rings is 1. The zero-order chi connectivity index (χ0) is 16.6. The van der Waals surface area contributed by atoms with Gasteiger partial charge in [0.25, 0.3) is 5.91 Å². The first-order valence-corrected chi connectivity index (χ1v) is 7.30. The van der Waals surface area contributed by atoms with Crippen molar-refractivity contribution in [3.05, 3.63) is 52.8 Å². The van der Waals surface area contributed by atoms with E-state index in [1.54, 1.807) is 23.0 Å². The van der Waals surface area contributed by atoms with Crippen molar-refractivity contribution in [2.24, 2.45) is 7.05 Å². The molecule has 0 fully saturated rings. The second-order valence-corrected chi connectivity index (χ2v) is 5.57. The first-order chi connectivity index (χ1) is 11.0. The van der Waals surface area contributed by atoms with Crippen LogP contribution in [-0.4, -0.2) is 25.8 Å². The fourth-order valence-corrected chi connectivity index (χ4v) is 2.53. The molecule has 1 aromatic carbocycles. The second kappa shape index (κ2) is 5.81. The third-order valence-electron chi connectivity index (χ3n) is 3.86. The van der Waals surface area contributed by atoms with E-state index in [0.717, 1.165) is 27.9 Å². The first kappa shape index (κ1) is 15.2. The fourth-order valence-electron chi connectivity index (χ4n) is 2.53. The number of hydrogen-bond acceptors (Lipinski definition) is 4. The number of anilines is 1. The predicted octanol–water partition coefficient (Wildman–Crippen LogP) is 2.33. The monoisotopic (exact) mass is 310 g/mol. The van der Waals surface area contributed by atoms with Gasteiger partial charge in [0.2, 0.25) is 0 Å². The Kier molecular flexibility index (Phi) is 3.83. The number of aromatic nitrogens is 3. The van der Waals surface area contributed by atoms with Gasteiger partial charge in [0.15, 0.2) is 5.65 Å². The third-order valence-corrected chi connectivity index (χ3v) is 3.86. The molecule has 6 nitrogen and oxygen atoms in total. The molecule has 0 atom stereocenters. The molecule has 0 aliphatic heterocycles. The predicted molar refractivity (Wildman–Crippen MR) is 88.3 cm³/mol. The lowest BCUT2D eigenvalue weighted by Gasteiger charge is -2.10. The molecule has 0 saturated carbocycles. The van der Waals surface area contributed by atoms with Gasteiger partial charge in [-0.05, 0) is 37.1 Å². The molecule has 0 aliphatic rings. The van der Waals surface area contributed by atoms with E-state index in [1.807, 2.05) is 33.0 Å². The highest BCUT2D eigenvalue weighted by molar-refractivity contribution is 6.06. The Morgan fingerprint density at radius 3 is 2.83 bits per heavy atom. The summed E-state index contributed by atoms with van der Waals surface area (Å²) >= 11 is 0. The molecule has 0 radical (unpaired) electrons. The molecule has 2 heterocycles. The van der Waals surface area contributed by atoms with Crippen LogP contribution in [-0.2, 0) is 13.7 Å². The van der Waals surface area contributed by atoms with Crippen molar-refractivity contribution in [2.45, 2.75) is 20.5 Å². The van der Waals surface area contributed by atoms with Gasteiger partial charge in [0, 0.05) is 24.3 Å². The van der Waals surface area contributed by atoms with Gasteiger partial charge in [-0.3, -0.25) is 9.48 Å². The van der Waals surface area contributed by atoms with Gasteiger partial charge < -0.3 is 10.4 Å². The number of carbonyl (C=O) groups excluding carboxylic acids is 1. The summed E-state index contributed by atoms with van der Waals surface area (Å²) in [6.07, 6.45) is 1.55. The Bertz CT molecular complexity index is 899. The number of fused-ring (bicyclic) bond motifs is 1. The van der Waals surface area contributed by atoms with Crippen LogP contribution in [0.2, 0.25) is 0 Å². The number of carbonyl (C=O) groups is 1. The number of nitrogens with zero attached hydrogens (tertiary/aromatic N) is 3. The largest absolute Gasteiger partial charge is 0.392 e. The van der Waals surface area contributed by atoms with Crippen LogP contribution >= 0.6 is 0 Å². The quantitative estimate of drug-likeness (QED) is 0.778. The molecule has 0 bridgehead atoms. The number of aliphatic hydroxyl groups is 1. The molecule has 118 valence electrons. The number of amides is 1. The van der Waals surface area contributed by atoms with E-state index in [0.29, 0.717) is 11.3 Å². The van der Waals surface area contributed by atoms with Crippen LogP contribution in [0.1, 0.15) is 27.2 Å². The van der Waals surface area contributed by atoms with E-state index in [1.165, 1.54) is 0 Å². The van der Waals surface area contributed by atoms with Crippen molar-refractivity contribution >= 4 is 22.6 Å². The number of aliphatic hydroxyl groups excluding tert-OH is 1. The molecule has 0 aliphatic carbocycles. The van der Waals surface area contributed by atoms with Gasteiger partial charge in [-0.2, -0.15) is 5.10 Å². The van der Waals surface area contributed by atoms with Crippen molar-refractivity contribution in [1.82, 2.24) is 14.8 Å². The lowest BCUT2D eigenvalue weighted by molar-refractivity contribution is 0.102. The maximum Gasteiger partial charge on any atom is 0.257 e. The standard InChI is InChI=1S/C17H18N4O2/c1-10-4-5-12(9-22)6-15(10)19-17(23)13-7-14-11(2)20-21(3)16(14)18-8-13/h4-8,22H,9H2,1-3H3,(H,19,23). The SMILES string of the molecule is Cc1ccc(CO)cc1NC(=O)c1cnc2c(c1)c(C)nn2C. The summed E-state index contributed by atoms with van der Waals surface area (Å²) in [7, 11) is 1.83. The van der Waals surface area contributed by atoms with Crippen LogP contribution < -0.4 is 5.32 Å². The minimum absolute atomic E-state index is 0.0639.